The lowest BCUT2D eigenvalue weighted by Gasteiger charge is -1.86. The molecule has 0 amide bonds. The second kappa shape index (κ2) is 19.7. The summed E-state index contributed by atoms with van der Waals surface area (Å²) in [6.07, 6.45) is 34.7. The molecule has 0 saturated heterocycles. The zero-order chi connectivity index (χ0) is 18.4. The van der Waals surface area contributed by atoms with E-state index in [1.165, 1.54) is 13.2 Å². The third-order valence-electron chi connectivity index (χ3n) is 3.11. The van der Waals surface area contributed by atoms with Gasteiger partial charge in [-0.3, -0.25) is 0 Å². The van der Waals surface area contributed by atoms with E-state index in [2.05, 4.69) is 72.4 Å². The fraction of sp³-hybridized carbons (Fsp3) is 0.348. The molecular weight excluding hydrogens is 308 g/mol. The number of hydrogen-bond donors (Lipinski definition) is 0. The van der Waals surface area contributed by atoms with Crippen molar-refractivity contribution in [3.63, 3.8) is 0 Å². The summed E-state index contributed by atoms with van der Waals surface area (Å²) in [5.74, 6) is -0.334. The number of esters is 1. The molecule has 0 aromatic carbocycles. The van der Waals surface area contributed by atoms with Gasteiger partial charge in [0.1, 0.15) is 0 Å². The zero-order valence-electron chi connectivity index (χ0n) is 15.6. The first-order chi connectivity index (χ1) is 12.3. The van der Waals surface area contributed by atoms with E-state index in [1.54, 1.807) is 6.08 Å². The van der Waals surface area contributed by atoms with Gasteiger partial charge in [-0.2, -0.15) is 0 Å². The molecule has 0 bridgehead atoms. The molecule has 0 saturated carbocycles. The number of allylic oxidation sites excluding steroid dienone is 13. The highest BCUT2D eigenvalue weighted by molar-refractivity contribution is 5.82. The lowest BCUT2D eigenvalue weighted by atomic mass is 10.2. The summed E-state index contributed by atoms with van der Waals surface area (Å²) >= 11 is 0. The maximum atomic E-state index is 10.8. The zero-order valence-corrected chi connectivity index (χ0v) is 15.6. The molecule has 0 aliphatic heterocycles. The molecule has 2 heteroatoms. The van der Waals surface area contributed by atoms with Crippen LogP contribution in [0.15, 0.2) is 85.1 Å². The topological polar surface area (TPSA) is 26.3 Å². The Bertz CT molecular complexity index is 514. The molecule has 25 heavy (non-hydrogen) atoms. The van der Waals surface area contributed by atoms with Crippen molar-refractivity contribution in [2.45, 2.75) is 45.4 Å². The van der Waals surface area contributed by atoms with Crippen LogP contribution in [0, 0.1) is 0 Å². The fourth-order valence-corrected chi connectivity index (χ4v) is 1.78. The Hall–Kier alpha value is -2.35. The van der Waals surface area contributed by atoms with Crippen LogP contribution >= 0.6 is 0 Å². The number of ether oxygens (including phenoxy) is 1. The van der Waals surface area contributed by atoms with E-state index in [0.717, 1.165) is 38.5 Å². The molecule has 136 valence electrons. The minimum absolute atomic E-state index is 0.334. The first-order valence-corrected chi connectivity index (χ1v) is 8.97. The Morgan fingerprint density at radius 1 is 0.640 bits per heavy atom. The van der Waals surface area contributed by atoms with Crippen LogP contribution < -0.4 is 0 Å². The third-order valence-corrected chi connectivity index (χ3v) is 3.11. The van der Waals surface area contributed by atoms with Crippen LogP contribution in [0.2, 0.25) is 0 Å². The van der Waals surface area contributed by atoms with Gasteiger partial charge in [0, 0.05) is 6.08 Å². The molecule has 0 aliphatic carbocycles. The molecule has 0 unspecified atom stereocenters. The van der Waals surface area contributed by atoms with Crippen LogP contribution in [-0.4, -0.2) is 13.1 Å². The van der Waals surface area contributed by atoms with E-state index in [0.29, 0.717) is 0 Å². The maximum Gasteiger partial charge on any atom is 0.330 e. The summed E-state index contributed by atoms with van der Waals surface area (Å²) in [5.41, 5.74) is 0. The minimum atomic E-state index is -0.334. The van der Waals surface area contributed by atoms with Crippen molar-refractivity contribution in [2.75, 3.05) is 7.11 Å². The van der Waals surface area contributed by atoms with Crippen LogP contribution in [0.3, 0.4) is 0 Å². The maximum absolute atomic E-state index is 10.8. The Morgan fingerprint density at radius 3 is 1.44 bits per heavy atom. The highest BCUT2D eigenvalue weighted by Crippen LogP contribution is 1.96. The molecule has 0 fully saturated rings. The smallest absolute Gasteiger partial charge is 0.330 e. The largest absolute Gasteiger partial charge is 0.466 e. The van der Waals surface area contributed by atoms with Crippen molar-refractivity contribution < 1.29 is 9.53 Å². The number of hydrogen-bond acceptors (Lipinski definition) is 2. The van der Waals surface area contributed by atoms with Crippen molar-refractivity contribution in [3.05, 3.63) is 85.1 Å². The monoisotopic (exact) mass is 340 g/mol. The number of rotatable bonds is 13. The molecule has 0 N–H and O–H groups in total. The van der Waals surface area contributed by atoms with Gasteiger partial charge in [0.2, 0.25) is 0 Å². The van der Waals surface area contributed by atoms with Crippen molar-refractivity contribution >= 4 is 5.97 Å². The summed E-state index contributed by atoms with van der Waals surface area (Å²) < 4.78 is 4.50. The molecule has 0 spiro atoms. The average Bonchev–Trinajstić information content (AvgIpc) is 2.63. The van der Waals surface area contributed by atoms with E-state index in [-0.39, 0.29) is 5.97 Å². The second-order valence-corrected chi connectivity index (χ2v) is 5.25. The minimum Gasteiger partial charge on any atom is -0.466 e. The second-order valence-electron chi connectivity index (χ2n) is 5.25. The van der Waals surface area contributed by atoms with Crippen LogP contribution in [0.25, 0.3) is 0 Å². The van der Waals surface area contributed by atoms with E-state index in [9.17, 15) is 4.79 Å². The summed E-state index contributed by atoms with van der Waals surface area (Å²) in [5, 5.41) is 0. The molecule has 0 rings (SSSR count). The number of methoxy groups -OCH3 is 1. The van der Waals surface area contributed by atoms with Gasteiger partial charge >= 0.3 is 5.97 Å². The van der Waals surface area contributed by atoms with Crippen LogP contribution in [0.5, 0.6) is 0 Å². The van der Waals surface area contributed by atoms with Crippen LogP contribution in [0.4, 0.5) is 0 Å². The summed E-state index contributed by atoms with van der Waals surface area (Å²) in [7, 11) is 1.37. The first kappa shape index (κ1) is 22.6. The highest BCUT2D eigenvalue weighted by Gasteiger charge is 1.85. The molecule has 0 radical (unpaired) electrons. The lowest BCUT2D eigenvalue weighted by molar-refractivity contribution is -0.134. The van der Waals surface area contributed by atoms with Gasteiger partial charge in [0.05, 0.1) is 7.11 Å². The standard InChI is InChI=1S/C23H32O2/c1-3-4-5-6-7-8-9-10-11-12-13-14-15-16-17-18-19-20-21-22-23(24)25-2/h4-5,7-8,10-11,13-14,16-17,19-22H,3,6,9,12,15,18H2,1-2H3/b5-4-,8-7-,11-10-,14-13-,17-16-,20-19-,22-21+. The van der Waals surface area contributed by atoms with E-state index in [1.807, 2.05) is 12.2 Å². The molecule has 0 heterocycles. The predicted molar refractivity (Wildman–Crippen MR) is 109 cm³/mol. The van der Waals surface area contributed by atoms with Crippen molar-refractivity contribution in [1.82, 2.24) is 0 Å². The Kier molecular flexibility index (Phi) is 17.8. The fourth-order valence-electron chi connectivity index (χ4n) is 1.78. The van der Waals surface area contributed by atoms with Gasteiger partial charge < -0.3 is 4.74 Å². The van der Waals surface area contributed by atoms with Gasteiger partial charge in [-0.25, -0.2) is 4.79 Å². The average molecular weight is 341 g/mol. The molecule has 2 nitrogen and oxygen atoms in total. The van der Waals surface area contributed by atoms with Crippen molar-refractivity contribution in [1.29, 1.82) is 0 Å². The van der Waals surface area contributed by atoms with Gasteiger partial charge in [0.25, 0.3) is 0 Å². The SMILES string of the molecule is CC/C=C\C/C=C\C/C=C\C/C=C\C/C=C\C/C=C\C=C\C(=O)OC. The molecule has 0 aliphatic rings. The van der Waals surface area contributed by atoms with Crippen LogP contribution in [0.1, 0.15) is 45.4 Å². The summed E-state index contributed by atoms with van der Waals surface area (Å²) in [6.45, 7) is 2.15. The molecule has 0 aromatic heterocycles. The summed E-state index contributed by atoms with van der Waals surface area (Å²) in [6, 6.07) is 0. The van der Waals surface area contributed by atoms with E-state index < -0.39 is 0 Å². The number of carbonyl (C=O) groups excluding carboxylic acids is 1. The van der Waals surface area contributed by atoms with Crippen molar-refractivity contribution in [3.8, 4) is 0 Å². The Balaban J connectivity index is 3.60. The summed E-state index contributed by atoms with van der Waals surface area (Å²) in [4.78, 5) is 10.8. The van der Waals surface area contributed by atoms with E-state index >= 15 is 0 Å². The third kappa shape index (κ3) is 19.6. The van der Waals surface area contributed by atoms with E-state index in [4.69, 9.17) is 0 Å². The number of carbonyl (C=O) groups is 1. The first-order valence-electron chi connectivity index (χ1n) is 8.97. The molecular formula is C23H32O2. The van der Waals surface area contributed by atoms with Crippen molar-refractivity contribution in [2.24, 2.45) is 0 Å². The lowest BCUT2D eigenvalue weighted by Crippen LogP contribution is -1.92. The Morgan fingerprint density at radius 2 is 1.04 bits per heavy atom. The normalized spacial score (nSPS) is 13.2. The van der Waals surface area contributed by atoms with Gasteiger partial charge in [-0.15, -0.1) is 0 Å². The Labute approximate surface area is 153 Å². The quantitative estimate of drug-likeness (QED) is 0.167. The van der Waals surface area contributed by atoms with Gasteiger partial charge in [-0.05, 0) is 38.5 Å². The highest BCUT2D eigenvalue weighted by atomic mass is 16.5. The molecule has 0 atom stereocenters. The van der Waals surface area contributed by atoms with Gasteiger partial charge in [0.15, 0.2) is 0 Å². The predicted octanol–water partition coefficient (Wildman–Crippen LogP) is 6.41. The molecule has 0 aromatic rings. The van der Waals surface area contributed by atoms with Gasteiger partial charge in [-0.1, -0.05) is 85.9 Å². The van der Waals surface area contributed by atoms with Crippen LogP contribution in [-0.2, 0) is 9.53 Å².